The van der Waals surface area contributed by atoms with Crippen molar-refractivity contribution in [3.05, 3.63) is 12.2 Å². The van der Waals surface area contributed by atoms with Crippen LogP contribution in [0.5, 0.6) is 0 Å². The second-order valence-corrected chi connectivity index (χ2v) is 5.82. The maximum atomic E-state index is 12.4. The summed E-state index contributed by atoms with van der Waals surface area (Å²) in [4.78, 5) is 24.7. The molecule has 0 unspecified atom stereocenters. The van der Waals surface area contributed by atoms with Crippen molar-refractivity contribution >= 4 is 11.8 Å². The van der Waals surface area contributed by atoms with Crippen molar-refractivity contribution in [1.82, 2.24) is 0 Å². The van der Waals surface area contributed by atoms with Crippen molar-refractivity contribution in [2.75, 3.05) is 6.61 Å². The van der Waals surface area contributed by atoms with Gasteiger partial charge in [-0.2, -0.15) is 0 Å². The molecule has 0 N–H and O–H groups in total. The highest BCUT2D eigenvalue weighted by Crippen LogP contribution is 2.58. The van der Waals surface area contributed by atoms with Crippen molar-refractivity contribution in [3.63, 3.8) is 0 Å². The Morgan fingerprint density at radius 3 is 3.00 bits per heavy atom. The highest BCUT2D eigenvalue weighted by molar-refractivity contribution is 6.12. The predicted molar refractivity (Wildman–Crippen MR) is 68.5 cm³/mol. The molecular weight excluding hydrogens is 244 g/mol. The number of Topliss-reactive ketones (excluding diaryl/α,β-unsaturated/α-hetero) is 1. The Hall–Kier alpha value is -1.16. The number of esters is 1. The number of carbonyl (C=O) groups is 2. The first-order valence-electron chi connectivity index (χ1n) is 7.17. The number of ketones is 1. The normalized spacial score (nSPS) is 41.0. The summed E-state index contributed by atoms with van der Waals surface area (Å²) in [5.41, 5.74) is -1.19. The number of ether oxygens (including phenoxy) is 2. The number of rotatable bonds is 2. The van der Waals surface area contributed by atoms with Crippen LogP contribution in [0.25, 0.3) is 0 Å². The summed E-state index contributed by atoms with van der Waals surface area (Å²) in [5.74, 6) is -0.591. The van der Waals surface area contributed by atoms with Gasteiger partial charge in [-0.25, -0.2) is 4.79 Å². The van der Waals surface area contributed by atoms with Gasteiger partial charge in [0, 0.05) is 12.3 Å². The summed E-state index contributed by atoms with van der Waals surface area (Å²) in [6, 6.07) is 0. The molecule has 2 heterocycles. The van der Waals surface area contributed by atoms with Crippen LogP contribution in [-0.4, -0.2) is 29.6 Å². The molecule has 0 aromatic rings. The largest absolute Gasteiger partial charge is 0.463 e. The van der Waals surface area contributed by atoms with Gasteiger partial charge in [-0.3, -0.25) is 4.79 Å². The molecule has 1 aliphatic carbocycles. The van der Waals surface area contributed by atoms with Crippen LogP contribution in [0.3, 0.4) is 0 Å². The van der Waals surface area contributed by atoms with Crippen LogP contribution in [0, 0.1) is 5.92 Å². The van der Waals surface area contributed by atoms with Gasteiger partial charge in [0.2, 0.25) is 5.60 Å². The molecule has 0 radical (unpaired) electrons. The van der Waals surface area contributed by atoms with E-state index in [2.05, 4.69) is 6.58 Å². The molecule has 19 heavy (non-hydrogen) atoms. The fourth-order valence-corrected chi connectivity index (χ4v) is 4.05. The molecule has 3 atom stereocenters. The minimum Gasteiger partial charge on any atom is -0.463 e. The van der Waals surface area contributed by atoms with Gasteiger partial charge in [-0.05, 0) is 31.8 Å². The van der Waals surface area contributed by atoms with Crippen molar-refractivity contribution in [3.8, 4) is 0 Å². The molecule has 4 nitrogen and oxygen atoms in total. The third-order valence-electron chi connectivity index (χ3n) is 4.94. The highest BCUT2D eigenvalue weighted by Gasteiger charge is 2.68. The van der Waals surface area contributed by atoms with Crippen LogP contribution in [0.1, 0.15) is 45.4 Å². The quantitative estimate of drug-likeness (QED) is 0.436. The maximum Gasteiger partial charge on any atom is 0.350 e. The van der Waals surface area contributed by atoms with Crippen LogP contribution >= 0.6 is 0 Å². The highest BCUT2D eigenvalue weighted by atomic mass is 16.6. The molecule has 1 spiro atoms. The first-order chi connectivity index (χ1) is 9.07. The fraction of sp³-hybridized carbons (Fsp3) is 0.733. The molecule has 2 bridgehead atoms. The van der Waals surface area contributed by atoms with E-state index in [0.29, 0.717) is 12.0 Å². The first-order valence-corrected chi connectivity index (χ1v) is 7.17. The van der Waals surface area contributed by atoms with Gasteiger partial charge < -0.3 is 9.47 Å². The molecule has 104 valence electrons. The van der Waals surface area contributed by atoms with Crippen LogP contribution in [-0.2, 0) is 19.1 Å². The van der Waals surface area contributed by atoms with Crippen molar-refractivity contribution in [1.29, 1.82) is 0 Å². The summed E-state index contributed by atoms with van der Waals surface area (Å²) in [6.07, 6.45) is 5.21. The molecule has 1 saturated carbocycles. The molecule has 2 saturated heterocycles. The Morgan fingerprint density at radius 1 is 1.47 bits per heavy atom. The number of hydrogen-bond donors (Lipinski definition) is 0. The van der Waals surface area contributed by atoms with Crippen molar-refractivity contribution in [2.45, 2.75) is 56.7 Å². The fourth-order valence-electron chi connectivity index (χ4n) is 4.05. The van der Waals surface area contributed by atoms with E-state index in [-0.39, 0.29) is 23.9 Å². The molecule has 0 aromatic carbocycles. The topological polar surface area (TPSA) is 52.6 Å². The lowest BCUT2D eigenvalue weighted by molar-refractivity contribution is -0.193. The maximum absolute atomic E-state index is 12.4. The molecule has 3 fully saturated rings. The van der Waals surface area contributed by atoms with Gasteiger partial charge >= 0.3 is 5.97 Å². The SMILES string of the molecule is C=C1[C@@H]2CCCC[C@@]23CCC(=O)[C@]1(C(=O)OCC)O3. The Balaban J connectivity index is 2.05. The average molecular weight is 264 g/mol. The van der Waals surface area contributed by atoms with Crippen molar-refractivity contribution in [2.24, 2.45) is 5.92 Å². The summed E-state index contributed by atoms with van der Waals surface area (Å²) >= 11 is 0. The number of hydrogen-bond acceptors (Lipinski definition) is 4. The molecule has 2 aliphatic heterocycles. The lowest BCUT2D eigenvalue weighted by Gasteiger charge is -2.41. The van der Waals surface area contributed by atoms with Crippen LogP contribution in [0.4, 0.5) is 0 Å². The lowest BCUT2D eigenvalue weighted by atomic mass is 9.72. The Morgan fingerprint density at radius 2 is 2.26 bits per heavy atom. The first kappa shape index (κ1) is 12.9. The van der Waals surface area contributed by atoms with Crippen molar-refractivity contribution < 1.29 is 19.1 Å². The molecular formula is C15H20O4. The molecule has 3 rings (SSSR count). The second kappa shape index (κ2) is 4.17. The van der Waals surface area contributed by atoms with Gasteiger partial charge in [0.25, 0.3) is 0 Å². The van der Waals surface area contributed by atoms with E-state index in [0.717, 1.165) is 32.1 Å². The minimum absolute atomic E-state index is 0.136. The van der Waals surface area contributed by atoms with E-state index < -0.39 is 11.6 Å². The van der Waals surface area contributed by atoms with Gasteiger partial charge in [0.05, 0.1) is 12.2 Å². The summed E-state index contributed by atoms with van der Waals surface area (Å²) in [5, 5.41) is 0. The third-order valence-corrected chi connectivity index (χ3v) is 4.94. The van der Waals surface area contributed by atoms with E-state index in [1.165, 1.54) is 0 Å². The molecule has 0 amide bonds. The van der Waals surface area contributed by atoms with E-state index >= 15 is 0 Å². The van der Waals surface area contributed by atoms with E-state index in [1.54, 1.807) is 6.92 Å². The van der Waals surface area contributed by atoms with Gasteiger partial charge in [0.1, 0.15) is 0 Å². The second-order valence-electron chi connectivity index (χ2n) is 5.82. The van der Waals surface area contributed by atoms with Gasteiger partial charge in [-0.15, -0.1) is 0 Å². The zero-order chi connectivity index (χ0) is 13.7. The lowest BCUT2D eigenvalue weighted by Crippen LogP contribution is -2.54. The van der Waals surface area contributed by atoms with Gasteiger partial charge in [0.15, 0.2) is 5.78 Å². The standard InChI is InChI=1S/C15H20O4/c1-3-18-13(17)15-10(2)11-6-4-5-8-14(11,19-15)9-7-12(15)16/h11H,2-9H2,1H3/t11-,14+,15+/m0/s1. The van der Waals surface area contributed by atoms with E-state index in [1.807, 2.05) is 0 Å². The number of fused-ring (bicyclic) bond motifs is 1. The van der Waals surface area contributed by atoms with E-state index in [4.69, 9.17) is 9.47 Å². The Kier molecular flexibility index (Phi) is 2.82. The molecule has 4 heteroatoms. The summed E-state index contributed by atoms with van der Waals surface area (Å²) < 4.78 is 11.2. The predicted octanol–water partition coefficient (Wildman–Crippen LogP) is 2.17. The zero-order valence-electron chi connectivity index (χ0n) is 11.4. The zero-order valence-corrected chi connectivity index (χ0v) is 11.4. The molecule has 0 aromatic heterocycles. The van der Waals surface area contributed by atoms with Crippen LogP contribution < -0.4 is 0 Å². The van der Waals surface area contributed by atoms with Crippen LogP contribution in [0.2, 0.25) is 0 Å². The average Bonchev–Trinajstić information content (AvgIpc) is 2.63. The Labute approximate surface area is 113 Å². The van der Waals surface area contributed by atoms with Crippen LogP contribution in [0.15, 0.2) is 12.2 Å². The van der Waals surface area contributed by atoms with Gasteiger partial charge in [-0.1, -0.05) is 19.4 Å². The summed E-state index contributed by atoms with van der Waals surface area (Å²) in [6.45, 7) is 6.05. The smallest absolute Gasteiger partial charge is 0.350 e. The van der Waals surface area contributed by atoms with E-state index in [9.17, 15) is 9.59 Å². The monoisotopic (exact) mass is 264 g/mol. The third kappa shape index (κ3) is 1.49. The summed E-state index contributed by atoms with van der Waals surface area (Å²) in [7, 11) is 0. The number of carbonyl (C=O) groups excluding carboxylic acids is 2. The molecule has 3 aliphatic rings. The Bertz CT molecular complexity index is 455. The minimum atomic E-state index is -1.50.